The average Bonchev–Trinajstić information content (AvgIpc) is 3.57. The number of ether oxygens (including phenoxy) is 2. The molecule has 0 spiro atoms. The molecule has 1 aliphatic carbocycles. The number of nitrogens with one attached hydrogen (secondary N) is 1. The quantitative estimate of drug-likeness (QED) is 0.293. The van der Waals surface area contributed by atoms with Gasteiger partial charge in [0.15, 0.2) is 5.82 Å². The Morgan fingerprint density at radius 3 is 2.33 bits per heavy atom. The Labute approximate surface area is 262 Å². The minimum Gasteiger partial charge on any atom is -0.466 e. The molecule has 3 aliphatic rings. The van der Waals surface area contributed by atoms with Gasteiger partial charge in [-0.25, -0.2) is 14.8 Å². The molecule has 4 atom stereocenters. The van der Waals surface area contributed by atoms with Crippen LogP contribution in [0.15, 0.2) is 36.4 Å². The zero-order valence-corrected chi connectivity index (χ0v) is 25.7. The van der Waals surface area contributed by atoms with Crippen LogP contribution in [0.2, 0.25) is 0 Å². The summed E-state index contributed by atoms with van der Waals surface area (Å²) in [6, 6.07) is 11.8. The number of carbonyl (C=O) groups excluding carboxylic acids is 4. The highest BCUT2D eigenvalue weighted by Gasteiger charge is 2.60. The monoisotopic (exact) mass is 617 g/mol. The highest BCUT2D eigenvalue weighted by Crippen LogP contribution is 2.53. The van der Waals surface area contributed by atoms with Gasteiger partial charge >= 0.3 is 12.1 Å². The van der Waals surface area contributed by atoms with Crippen LogP contribution < -0.4 is 10.2 Å². The first kappa shape index (κ1) is 31.7. The van der Waals surface area contributed by atoms with E-state index in [4.69, 9.17) is 14.5 Å². The number of unbranched alkanes of at least 4 members (excludes halogenated alkanes) is 1. The van der Waals surface area contributed by atoms with E-state index in [1.54, 1.807) is 22.8 Å². The molecule has 2 saturated heterocycles. The molecule has 13 heteroatoms. The molecule has 1 aromatic carbocycles. The van der Waals surface area contributed by atoms with E-state index in [0.29, 0.717) is 51.0 Å². The van der Waals surface area contributed by atoms with Crippen molar-refractivity contribution in [1.29, 1.82) is 5.26 Å². The summed E-state index contributed by atoms with van der Waals surface area (Å²) in [7, 11) is 0. The fourth-order valence-electron chi connectivity index (χ4n) is 5.98. The molecule has 3 amide bonds. The number of hydrogen-bond donors (Lipinski definition) is 1. The molecule has 1 N–H and O–H groups in total. The van der Waals surface area contributed by atoms with Crippen molar-refractivity contribution in [1.82, 2.24) is 25.1 Å². The van der Waals surface area contributed by atoms with Crippen molar-refractivity contribution in [3.63, 3.8) is 0 Å². The van der Waals surface area contributed by atoms with Gasteiger partial charge in [0.1, 0.15) is 17.6 Å². The van der Waals surface area contributed by atoms with E-state index >= 15 is 0 Å². The number of rotatable bonds is 11. The first-order chi connectivity index (χ1) is 21.8. The number of piperidine rings is 1. The van der Waals surface area contributed by atoms with Crippen molar-refractivity contribution in [2.24, 2.45) is 17.8 Å². The third-order valence-corrected chi connectivity index (χ3v) is 8.53. The molecule has 3 heterocycles. The Morgan fingerprint density at radius 2 is 1.69 bits per heavy atom. The summed E-state index contributed by atoms with van der Waals surface area (Å²) in [6.45, 7) is 6.85. The average molecular weight is 618 g/mol. The number of anilines is 1. The minimum absolute atomic E-state index is 0.0664. The molecule has 13 nitrogen and oxygen atoms in total. The first-order valence-electron chi connectivity index (χ1n) is 15.6. The maximum Gasteiger partial charge on any atom is 0.409 e. The van der Waals surface area contributed by atoms with Crippen LogP contribution in [0, 0.1) is 29.1 Å². The lowest BCUT2D eigenvalue weighted by atomic mass is 10.1. The third-order valence-electron chi connectivity index (χ3n) is 8.53. The van der Waals surface area contributed by atoms with Gasteiger partial charge in [0, 0.05) is 50.9 Å². The van der Waals surface area contributed by atoms with Crippen LogP contribution in [-0.2, 0) is 19.1 Å². The Kier molecular flexibility index (Phi) is 10.1. The number of piperazine rings is 1. The van der Waals surface area contributed by atoms with Gasteiger partial charge in [-0.15, -0.1) is 0 Å². The maximum absolute atomic E-state index is 13.6. The molecule has 1 aromatic heterocycles. The van der Waals surface area contributed by atoms with Crippen molar-refractivity contribution in [3.05, 3.63) is 42.1 Å². The largest absolute Gasteiger partial charge is 0.466 e. The van der Waals surface area contributed by atoms with E-state index in [2.05, 4.69) is 10.3 Å². The summed E-state index contributed by atoms with van der Waals surface area (Å²) in [5.74, 6) is -0.0186. The molecule has 1 unspecified atom stereocenters. The Balaban J connectivity index is 1.28. The van der Waals surface area contributed by atoms with E-state index in [-0.39, 0.29) is 48.9 Å². The molecule has 1 saturated carbocycles. The van der Waals surface area contributed by atoms with E-state index in [0.717, 1.165) is 18.4 Å². The summed E-state index contributed by atoms with van der Waals surface area (Å²) in [5, 5.41) is 12.2. The Hall–Kier alpha value is -4.73. The van der Waals surface area contributed by atoms with Gasteiger partial charge in [-0.05, 0) is 25.2 Å². The van der Waals surface area contributed by atoms with Crippen molar-refractivity contribution >= 4 is 29.7 Å². The predicted octanol–water partition coefficient (Wildman–Crippen LogP) is 2.48. The molecule has 0 radical (unpaired) electrons. The van der Waals surface area contributed by atoms with Crippen molar-refractivity contribution in [3.8, 4) is 17.5 Å². The summed E-state index contributed by atoms with van der Waals surface area (Å²) < 4.78 is 10.5. The van der Waals surface area contributed by atoms with Crippen LogP contribution in [-0.4, -0.2) is 102 Å². The fraction of sp³-hybridized carbons (Fsp3) is 0.531. The number of aromatic nitrogens is 2. The number of hydrogen-bond acceptors (Lipinski definition) is 10. The number of nitriles is 1. The predicted molar refractivity (Wildman–Crippen MR) is 163 cm³/mol. The number of benzene rings is 1. The lowest BCUT2D eigenvalue weighted by Crippen LogP contribution is -2.56. The Bertz CT molecular complexity index is 1430. The zero-order valence-electron chi connectivity index (χ0n) is 25.7. The lowest BCUT2D eigenvalue weighted by molar-refractivity contribution is -0.145. The molecule has 5 rings (SSSR count). The van der Waals surface area contributed by atoms with Crippen LogP contribution in [0.3, 0.4) is 0 Å². The number of esters is 1. The lowest BCUT2D eigenvalue weighted by Gasteiger charge is -2.35. The zero-order chi connectivity index (χ0) is 31.9. The number of fused-ring (bicyclic) bond motifs is 1. The van der Waals surface area contributed by atoms with Gasteiger partial charge < -0.3 is 29.5 Å². The molecule has 238 valence electrons. The maximum atomic E-state index is 13.6. The van der Waals surface area contributed by atoms with E-state index in [1.165, 1.54) is 0 Å². The van der Waals surface area contributed by atoms with Gasteiger partial charge in [0.2, 0.25) is 5.91 Å². The van der Waals surface area contributed by atoms with E-state index < -0.39 is 23.9 Å². The van der Waals surface area contributed by atoms with Crippen LogP contribution in [0.5, 0.6) is 0 Å². The molecule has 45 heavy (non-hydrogen) atoms. The number of nitrogens with zero attached hydrogens (tertiary/aromatic N) is 6. The van der Waals surface area contributed by atoms with Gasteiger partial charge in [-0.2, -0.15) is 5.26 Å². The second-order valence-corrected chi connectivity index (χ2v) is 11.5. The van der Waals surface area contributed by atoms with Gasteiger partial charge in [-0.1, -0.05) is 43.7 Å². The molecular formula is C32H39N7O6. The van der Waals surface area contributed by atoms with Crippen LogP contribution in [0.1, 0.15) is 43.6 Å². The smallest absolute Gasteiger partial charge is 0.409 e. The fourth-order valence-corrected chi connectivity index (χ4v) is 5.98. The van der Waals surface area contributed by atoms with Crippen molar-refractivity contribution in [2.45, 2.75) is 39.2 Å². The van der Waals surface area contributed by atoms with Crippen molar-refractivity contribution in [2.75, 3.05) is 57.4 Å². The second kappa shape index (κ2) is 14.4. The summed E-state index contributed by atoms with van der Waals surface area (Å²) in [5.41, 5.74) is 0.787. The molecule has 2 aromatic rings. The Morgan fingerprint density at radius 1 is 1.00 bits per heavy atom. The summed E-state index contributed by atoms with van der Waals surface area (Å²) in [4.78, 5) is 66.0. The molecule has 0 bridgehead atoms. The first-order valence-corrected chi connectivity index (χ1v) is 15.6. The molecular weight excluding hydrogens is 578 g/mol. The molecule has 3 fully saturated rings. The standard InChI is InChI=1S/C32H39N7O6/c1-3-5-17-45-32(43)38-15-13-37(14-16-38)30(41)24(11-12-33)35-29(40)25-18-26(36-28(34-25)21-9-7-6-8-10-21)39-19-22-23(20-39)27(22)31(42)44-4-2/h6-10,18,22-24,27H,3-5,11,13-17,19-20H2,1-2H3,(H,35,40)/t22-,23+,24-,27?/m0/s1. The minimum atomic E-state index is -1.09. The highest BCUT2D eigenvalue weighted by molar-refractivity contribution is 5.97. The normalized spacial score (nSPS) is 20.9. The van der Waals surface area contributed by atoms with Crippen LogP contribution in [0.4, 0.5) is 10.6 Å². The second-order valence-electron chi connectivity index (χ2n) is 11.5. The SMILES string of the molecule is CCCCOC(=O)N1CCN(C(=O)[C@H](CC#N)NC(=O)c2cc(N3C[C@@H]4C(C(=O)OCC)[C@@H]4C3)nc(-c3ccccc3)n2)CC1. The summed E-state index contributed by atoms with van der Waals surface area (Å²) in [6.07, 6.45) is 1.08. The van der Waals surface area contributed by atoms with Gasteiger partial charge in [0.25, 0.3) is 5.91 Å². The number of carbonyl (C=O) groups is 4. The van der Waals surface area contributed by atoms with Crippen LogP contribution in [0.25, 0.3) is 11.4 Å². The van der Waals surface area contributed by atoms with E-state index in [1.807, 2.05) is 48.2 Å². The highest BCUT2D eigenvalue weighted by atomic mass is 16.6. The third kappa shape index (κ3) is 7.33. The number of amides is 3. The van der Waals surface area contributed by atoms with Gasteiger partial charge in [-0.3, -0.25) is 14.4 Å². The van der Waals surface area contributed by atoms with Crippen LogP contribution >= 0.6 is 0 Å². The summed E-state index contributed by atoms with van der Waals surface area (Å²) >= 11 is 0. The van der Waals surface area contributed by atoms with E-state index in [9.17, 15) is 24.4 Å². The topological polar surface area (TPSA) is 158 Å². The van der Waals surface area contributed by atoms with Crippen molar-refractivity contribution < 1.29 is 28.7 Å². The molecule has 2 aliphatic heterocycles. The van der Waals surface area contributed by atoms with Gasteiger partial charge in [0.05, 0.1) is 31.6 Å².